The predicted molar refractivity (Wildman–Crippen MR) is 183 cm³/mol. The van der Waals surface area contributed by atoms with Gasteiger partial charge in [-0.05, 0) is 83.7 Å². The van der Waals surface area contributed by atoms with E-state index in [1.807, 2.05) is 44.2 Å². The molecule has 5 rings (SSSR count). The van der Waals surface area contributed by atoms with Crippen LogP contribution in [0.1, 0.15) is 44.4 Å². The molecular weight excluding hydrogens is 701 g/mol. The lowest BCUT2D eigenvalue weighted by molar-refractivity contribution is -0.113. The Morgan fingerprint density at radius 3 is 2.62 bits per heavy atom. The van der Waals surface area contributed by atoms with Crippen LogP contribution in [0.2, 0.25) is 10.0 Å². The van der Waals surface area contributed by atoms with Gasteiger partial charge >= 0.3 is 0 Å². The molecule has 236 valence electrons. The summed E-state index contributed by atoms with van der Waals surface area (Å²) in [5.74, 6) is 2.66. The third kappa shape index (κ3) is 7.38. The third-order valence-electron chi connectivity index (χ3n) is 6.88. The van der Waals surface area contributed by atoms with Gasteiger partial charge in [0.1, 0.15) is 18.4 Å². The summed E-state index contributed by atoms with van der Waals surface area (Å²) >= 11 is 17.6. The molecule has 0 radical (unpaired) electrons. The molecule has 3 aromatic carbocycles. The van der Waals surface area contributed by atoms with Gasteiger partial charge in [-0.1, -0.05) is 60.1 Å². The monoisotopic (exact) mass is 731 g/mol. The number of thioether (sulfide) groups is 1. The Morgan fingerprint density at radius 2 is 1.89 bits per heavy atom. The number of nitrogens with zero attached hydrogens (tertiary/aromatic N) is 3. The highest BCUT2D eigenvalue weighted by molar-refractivity contribution is 9.10. The molecule has 0 fully saturated rings. The van der Waals surface area contributed by atoms with Crippen molar-refractivity contribution >= 4 is 68.4 Å². The summed E-state index contributed by atoms with van der Waals surface area (Å²) in [4.78, 5) is 18.8. The number of aromatic nitrogens is 3. The maximum absolute atomic E-state index is 14.1. The van der Waals surface area contributed by atoms with E-state index in [2.05, 4.69) is 33.5 Å². The molecule has 2 heterocycles. The van der Waals surface area contributed by atoms with Crippen molar-refractivity contribution in [1.29, 1.82) is 0 Å². The van der Waals surface area contributed by atoms with Crippen molar-refractivity contribution < 1.29 is 19.0 Å². The fraction of sp³-hybridized carbons (Fsp3) is 0.281. The number of nitrogens with one attached hydrogen (secondary N) is 2. The third-order valence-corrected chi connectivity index (χ3v) is 9.25. The molecular formula is C32H32BrCl2N5O4S. The van der Waals surface area contributed by atoms with Crippen molar-refractivity contribution in [2.24, 2.45) is 0 Å². The molecule has 0 saturated heterocycles. The molecule has 0 aliphatic carbocycles. The van der Waals surface area contributed by atoms with Gasteiger partial charge in [0, 0.05) is 11.4 Å². The number of carbonyl (C=O) groups excluding carboxylic acids is 1. The summed E-state index contributed by atoms with van der Waals surface area (Å²) in [6.07, 6.45) is 0.976. The summed E-state index contributed by atoms with van der Waals surface area (Å²) in [5.41, 5.74) is 3.25. The van der Waals surface area contributed by atoms with Crippen molar-refractivity contribution in [2.75, 3.05) is 30.1 Å². The first kappa shape index (κ1) is 33.0. The average Bonchev–Trinajstić information content (AvgIpc) is 3.43. The van der Waals surface area contributed by atoms with Gasteiger partial charge in [0.2, 0.25) is 11.1 Å². The first-order valence-corrected chi connectivity index (χ1v) is 16.8. The molecule has 0 saturated carbocycles. The second-order valence-electron chi connectivity index (χ2n) is 10.0. The minimum absolute atomic E-state index is 0.235. The number of amides is 1. The van der Waals surface area contributed by atoms with Gasteiger partial charge in [0.25, 0.3) is 5.91 Å². The van der Waals surface area contributed by atoms with Gasteiger partial charge in [-0.25, -0.2) is 4.68 Å². The average molecular weight is 734 g/mol. The molecule has 1 aliphatic heterocycles. The molecule has 1 atom stereocenters. The Bertz CT molecular complexity index is 1750. The maximum atomic E-state index is 14.1. The lowest BCUT2D eigenvalue weighted by Crippen LogP contribution is -2.31. The standard InChI is InChI=1S/C32H32BrCl2N5O4S/c1-5-13-45-32-38-31-36-18(3)27(30(41)37-24-9-7-8-10-25(24)42-4)28(40(31)39-32)20-15-21(33)29(26(16-20)43-6-2)44-17-19-11-12-22(34)23(35)14-19/h7-12,14-16,28H,5-6,13,17H2,1-4H3,(H,37,41)(H,36,38,39). The van der Waals surface area contributed by atoms with Gasteiger partial charge in [0.15, 0.2) is 11.5 Å². The molecule has 9 nitrogen and oxygen atoms in total. The smallest absolute Gasteiger partial charge is 0.255 e. The second-order valence-corrected chi connectivity index (χ2v) is 12.8. The van der Waals surface area contributed by atoms with Crippen LogP contribution in [-0.4, -0.2) is 40.1 Å². The minimum atomic E-state index is -0.640. The van der Waals surface area contributed by atoms with E-state index in [1.165, 1.54) is 0 Å². The quantitative estimate of drug-likeness (QED) is 0.140. The fourth-order valence-electron chi connectivity index (χ4n) is 4.86. The van der Waals surface area contributed by atoms with Gasteiger partial charge in [-0.2, -0.15) is 4.98 Å². The summed E-state index contributed by atoms with van der Waals surface area (Å²) in [6, 6.07) is 15.8. The van der Waals surface area contributed by atoms with Crippen LogP contribution in [-0.2, 0) is 11.4 Å². The molecule has 1 unspecified atom stereocenters. The van der Waals surface area contributed by atoms with E-state index in [4.69, 9.17) is 47.5 Å². The number of ether oxygens (including phenoxy) is 3. The van der Waals surface area contributed by atoms with Gasteiger partial charge < -0.3 is 24.8 Å². The number of methoxy groups -OCH3 is 1. The Hall–Kier alpha value is -3.38. The highest BCUT2D eigenvalue weighted by Crippen LogP contribution is 2.44. The van der Waals surface area contributed by atoms with Crippen LogP contribution in [0, 0.1) is 0 Å². The van der Waals surface area contributed by atoms with Gasteiger partial charge in [-0.3, -0.25) is 4.79 Å². The number of hydrogen-bond donors (Lipinski definition) is 2. The SMILES string of the molecule is CCCSc1nc2n(n1)C(c1cc(Br)c(OCc3ccc(Cl)c(Cl)c3)c(OCC)c1)C(C(=O)Nc1ccccc1OC)=C(C)N2. The number of para-hydroxylation sites is 2. The Morgan fingerprint density at radius 1 is 1.09 bits per heavy atom. The highest BCUT2D eigenvalue weighted by Gasteiger charge is 2.36. The van der Waals surface area contributed by atoms with Crippen LogP contribution < -0.4 is 24.8 Å². The van der Waals surface area contributed by atoms with Crippen molar-refractivity contribution in [2.45, 2.75) is 45.0 Å². The Labute approximate surface area is 284 Å². The summed E-state index contributed by atoms with van der Waals surface area (Å²) in [5, 5.41) is 12.7. The Kier molecular flexibility index (Phi) is 10.9. The highest BCUT2D eigenvalue weighted by atomic mass is 79.9. The summed E-state index contributed by atoms with van der Waals surface area (Å²) < 4.78 is 20.2. The van der Waals surface area contributed by atoms with Crippen LogP contribution in [0.4, 0.5) is 11.6 Å². The zero-order chi connectivity index (χ0) is 32.1. The van der Waals surface area contributed by atoms with Crippen LogP contribution in [0.25, 0.3) is 0 Å². The van der Waals surface area contributed by atoms with E-state index in [9.17, 15) is 4.79 Å². The normalized spacial score (nSPS) is 14.1. The number of anilines is 2. The molecule has 2 N–H and O–H groups in total. The molecule has 13 heteroatoms. The second kappa shape index (κ2) is 14.8. The van der Waals surface area contributed by atoms with E-state index >= 15 is 0 Å². The van der Waals surface area contributed by atoms with Crippen LogP contribution >= 0.6 is 50.9 Å². The number of benzene rings is 3. The minimum Gasteiger partial charge on any atom is -0.495 e. The fourth-order valence-corrected chi connectivity index (χ4v) is 6.44. The van der Waals surface area contributed by atoms with Crippen LogP contribution in [0.15, 0.2) is 75.5 Å². The lowest BCUT2D eigenvalue weighted by Gasteiger charge is -2.29. The molecule has 0 bridgehead atoms. The maximum Gasteiger partial charge on any atom is 0.255 e. The molecule has 1 amide bonds. The molecule has 1 aromatic heterocycles. The lowest BCUT2D eigenvalue weighted by atomic mass is 9.94. The van der Waals surface area contributed by atoms with Crippen molar-refractivity contribution in [1.82, 2.24) is 14.8 Å². The van der Waals surface area contributed by atoms with Crippen molar-refractivity contribution in [3.05, 3.63) is 91.5 Å². The number of halogens is 3. The number of allylic oxidation sites excluding steroid dienone is 1. The first-order valence-electron chi connectivity index (χ1n) is 14.3. The largest absolute Gasteiger partial charge is 0.495 e. The zero-order valence-electron chi connectivity index (χ0n) is 25.1. The van der Waals surface area contributed by atoms with Gasteiger partial charge in [0.05, 0.1) is 39.5 Å². The van der Waals surface area contributed by atoms with E-state index in [-0.39, 0.29) is 12.5 Å². The molecule has 0 spiro atoms. The summed E-state index contributed by atoms with van der Waals surface area (Å²) in [6.45, 7) is 6.49. The molecule has 1 aliphatic rings. The van der Waals surface area contributed by atoms with Gasteiger partial charge in [-0.15, -0.1) is 5.10 Å². The van der Waals surface area contributed by atoms with E-state index in [0.717, 1.165) is 23.3 Å². The number of carbonyl (C=O) groups is 1. The number of fused-ring (bicyclic) bond motifs is 1. The van der Waals surface area contributed by atoms with E-state index < -0.39 is 6.04 Å². The topological polar surface area (TPSA) is 99.5 Å². The first-order chi connectivity index (χ1) is 21.7. The predicted octanol–water partition coefficient (Wildman–Crippen LogP) is 8.76. The number of rotatable bonds is 12. The van der Waals surface area contributed by atoms with Crippen molar-refractivity contribution in [3.8, 4) is 17.2 Å². The van der Waals surface area contributed by atoms with Crippen molar-refractivity contribution in [3.63, 3.8) is 0 Å². The van der Waals surface area contributed by atoms with Crippen LogP contribution in [0.3, 0.4) is 0 Å². The molecule has 45 heavy (non-hydrogen) atoms. The van der Waals surface area contributed by atoms with Crippen LogP contribution in [0.5, 0.6) is 17.2 Å². The van der Waals surface area contributed by atoms with E-state index in [1.54, 1.807) is 47.8 Å². The number of hydrogen-bond acceptors (Lipinski definition) is 8. The molecule has 4 aromatic rings. The van der Waals surface area contributed by atoms with E-state index in [0.29, 0.717) is 66.4 Å². The summed E-state index contributed by atoms with van der Waals surface area (Å²) in [7, 11) is 1.57. The zero-order valence-corrected chi connectivity index (χ0v) is 29.0. The Balaban J connectivity index is 1.57.